The number of rotatable bonds is 3. The van der Waals surface area contributed by atoms with Crippen LogP contribution >= 0.6 is 0 Å². The van der Waals surface area contributed by atoms with Gasteiger partial charge in [-0.15, -0.1) is 0 Å². The van der Waals surface area contributed by atoms with E-state index in [0.717, 1.165) is 6.61 Å². The number of halogens is 1. The normalized spacial score (nSPS) is 10.0. The third-order valence-corrected chi connectivity index (χ3v) is 1.50. The second-order valence-corrected chi connectivity index (χ2v) is 2.31. The first-order valence-electron chi connectivity index (χ1n) is 3.54. The molecule has 59 valence electrons. The SMILES string of the molecule is O[CH]CCc1ccccc1F. The predicted octanol–water partition coefficient (Wildman–Crippen LogP) is 2.29. The van der Waals surface area contributed by atoms with E-state index in [0.29, 0.717) is 18.4 Å². The second-order valence-electron chi connectivity index (χ2n) is 2.31. The van der Waals surface area contributed by atoms with Crippen molar-refractivity contribution in [3.63, 3.8) is 0 Å². The lowest BCUT2D eigenvalue weighted by Gasteiger charge is -1.99. The first-order valence-corrected chi connectivity index (χ1v) is 3.54. The van der Waals surface area contributed by atoms with Crippen LogP contribution in [0, 0.1) is 12.4 Å². The van der Waals surface area contributed by atoms with Gasteiger partial charge in [-0.2, -0.15) is 0 Å². The summed E-state index contributed by atoms with van der Waals surface area (Å²) in [5, 5.41) is 8.37. The molecule has 2 heteroatoms. The highest BCUT2D eigenvalue weighted by Gasteiger charge is 1.98. The lowest BCUT2D eigenvalue weighted by atomic mass is 10.1. The molecule has 0 atom stereocenters. The Labute approximate surface area is 65.5 Å². The van der Waals surface area contributed by atoms with Crippen LogP contribution in [0.5, 0.6) is 0 Å². The maximum Gasteiger partial charge on any atom is 0.126 e. The Morgan fingerprint density at radius 2 is 2.09 bits per heavy atom. The fraction of sp³-hybridized carbons (Fsp3) is 0.222. The molecule has 1 nitrogen and oxygen atoms in total. The average Bonchev–Trinajstić information content (AvgIpc) is 2.03. The van der Waals surface area contributed by atoms with Crippen molar-refractivity contribution in [1.29, 1.82) is 0 Å². The molecule has 0 aliphatic carbocycles. The smallest absolute Gasteiger partial charge is 0.126 e. The maximum atomic E-state index is 12.8. The fourth-order valence-corrected chi connectivity index (χ4v) is 0.921. The number of hydrogen-bond donors (Lipinski definition) is 1. The molecule has 0 aliphatic rings. The van der Waals surface area contributed by atoms with Gasteiger partial charge in [0.2, 0.25) is 0 Å². The maximum absolute atomic E-state index is 12.8. The Morgan fingerprint density at radius 3 is 2.73 bits per heavy atom. The zero-order valence-electron chi connectivity index (χ0n) is 6.13. The molecule has 1 radical (unpaired) electrons. The molecule has 1 aromatic carbocycles. The zero-order chi connectivity index (χ0) is 8.10. The molecular weight excluding hydrogens is 143 g/mol. The molecule has 0 aromatic heterocycles. The van der Waals surface area contributed by atoms with Crippen molar-refractivity contribution in [1.82, 2.24) is 0 Å². The summed E-state index contributed by atoms with van der Waals surface area (Å²) in [6.45, 7) is 1.05. The van der Waals surface area contributed by atoms with Crippen molar-refractivity contribution in [2.75, 3.05) is 0 Å². The Morgan fingerprint density at radius 1 is 1.36 bits per heavy atom. The van der Waals surface area contributed by atoms with Crippen LogP contribution in [-0.2, 0) is 6.42 Å². The van der Waals surface area contributed by atoms with Gasteiger partial charge in [-0.3, -0.25) is 0 Å². The van der Waals surface area contributed by atoms with E-state index < -0.39 is 0 Å². The third kappa shape index (κ3) is 2.31. The minimum atomic E-state index is -0.200. The summed E-state index contributed by atoms with van der Waals surface area (Å²) < 4.78 is 12.8. The lowest BCUT2D eigenvalue weighted by molar-refractivity contribution is 0.374. The van der Waals surface area contributed by atoms with E-state index in [1.165, 1.54) is 6.07 Å². The summed E-state index contributed by atoms with van der Waals surface area (Å²) in [5.41, 5.74) is 0.651. The summed E-state index contributed by atoms with van der Waals surface area (Å²) in [6.07, 6.45) is 1.06. The van der Waals surface area contributed by atoms with Crippen molar-refractivity contribution >= 4 is 0 Å². The Bertz CT molecular complexity index is 223. The van der Waals surface area contributed by atoms with Crippen LogP contribution in [0.25, 0.3) is 0 Å². The van der Waals surface area contributed by atoms with Crippen molar-refractivity contribution in [3.8, 4) is 0 Å². The van der Waals surface area contributed by atoms with Crippen LogP contribution in [0.4, 0.5) is 4.39 Å². The number of aryl methyl sites for hydroxylation is 1. The van der Waals surface area contributed by atoms with Gasteiger partial charge < -0.3 is 5.11 Å². The molecule has 1 aromatic rings. The summed E-state index contributed by atoms with van der Waals surface area (Å²) in [6, 6.07) is 6.59. The van der Waals surface area contributed by atoms with Gasteiger partial charge in [-0.05, 0) is 24.5 Å². The average molecular weight is 153 g/mol. The molecular formula is C9H10FO. The first kappa shape index (κ1) is 8.21. The third-order valence-electron chi connectivity index (χ3n) is 1.50. The molecule has 1 N–H and O–H groups in total. The predicted molar refractivity (Wildman–Crippen MR) is 41.0 cm³/mol. The molecule has 0 saturated carbocycles. The van der Waals surface area contributed by atoms with Gasteiger partial charge in [0.15, 0.2) is 0 Å². The molecule has 0 spiro atoms. The van der Waals surface area contributed by atoms with Gasteiger partial charge in [0.1, 0.15) is 5.82 Å². The van der Waals surface area contributed by atoms with Crippen LogP contribution in [0.2, 0.25) is 0 Å². The largest absolute Gasteiger partial charge is 0.390 e. The van der Waals surface area contributed by atoms with E-state index in [-0.39, 0.29) is 5.82 Å². The molecule has 0 amide bonds. The second kappa shape index (κ2) is 4.09. The molecule has 0 fully saturated rings. The Hall–Kier alpha value is -0.890. The lowest BCUT2D eigenvalue weighted by Crippen LogP contribution is -1.89. The molecule has 11 heavy (non-hydrogen) atoms. The highest BCUT2D eigenvalue weighted by molar-refractivity contribution is 5.17. The Balaban J connectivity index is 2.62. The van der Waals surface area contributed by atoms with E-state index >= 15 is 0 Å². The molecule has 0 heterocycles. The van der Waals surface area contributed by atoms with Crippen LogP contribution in [-0.4, -0.2) is 5.11 Å². The first-order chi connectivity index (χ1) is 5.34. The van der Waals surface area contributed by atoms with Gasteiger partial charge in [-0.1, -0.05) is 18.2 Å². The number of aliphatic hydroxyl groups excluding tert-OH is 1. The van der Waals surface area contributed by atoms with Crippen LogP contribution in [0.3, 0.4) is 0 Å². The fourth-order valence-electron chi connectivity index (χ4n) is 0.921. The van der Waals surface area contributed by atoms with Crippen molar-refractivity contribution in [2.24, 2.45) is 0 Å². The van der Waals surface area contributed by atoms with E-state index in [1.807, 2.05) is 0 Å². The van der Waals surface area contributed by atoms with Gasteiger partial charge in [0.25, 0.3) is 0 Å². The van der Waals surface area contributed by atoms with Crippen molar-refractivity contribution < 1.29 is 9.50 Å². The van der Waals surface area contributed by atoms with Crippen LogP contribution in [0.15, 0.2) is 24.3 Å². The van der Waals surface area contributed by atoms with Gasteiger partial charge in [0, 0.05) is 0 Å². The van der Waals surface area contributed by atoms with E-state index in [1.54, 1.807) is 18.2 Å². The highest BCUT2D eigenvalue weighted by atomic mass is 19.1. The number of hydrogen-bond acceptors (Lipinski definition) is 1. The molecule has 1 rings (SSSR count). The monoisotopic (exact) mass is 153 g/mol. The van der Waals surface area contributed by atoms with Gasteiger partial charge in [0.05, 0.1) is 6.61 Å². The minimum Gasteiger partial charge on any atom is -0.390 e. The van der Waals surface area contributed by atoms with Crippen LogP contribution in [0.1, 0.15) is 12.0 Å². The summed E-state index contributed by atoms with van der Waals surface area (Å²) in [5.74, 6) is -0.200. The minimum absolute atomic E-state index is 0.200. The standard InChI is InChI=1S/C9H10FO/c10-9-6-2-1-4-8(9)5-3-7-11/h1-2,4,6-7,11H,3,5H2. The molecule has 0 saturated heterocycles. The quantitative estimate of drug-likeness (QED) is 0.706. The number of benzene rings is 1. The Kier molecular flexibility index (Phi) is 3.05. The summed E-state index contributed by atoms with van der Waals surface area (Å²) in [4.78, 5) is 0. The molecule has 0 bridgehead atoms. The van der Waals surface area contributed by atoms with Crippen LogP contribution < -0.4 is 0 Å². The summed E-state index contributed by atoms with van der Waals surface area (Å²) in [7, 11) is 0. The van der Waals surface area contributed by atoms with Gasteiger partial charge in [-0.25, -0.2) is 4.39 Å². The van der Waals surface area contributed by atoms with E-state index in [4.69, 9.17) is 5.11 Å². The molecule has 0 unspecified atom stereocenters. The topological polar surface area (TPSA) is 20.2 Å². The number of aliphatic hydroxyl groups is 1. The summed E-state index contributed by atoms with van der Waals surface area (Å²) >= 11 is 0. The van der Waals surface area contributed by atoms with Crippen molar-refractivity contribution in [3.05, 3.63) is 42.3 Å². The van der Waals surface area contributed by atoms with E-state index in [9.17, 15) is 4.39 Å². The van der Waals surface area contributed by atoms with Gasteiger partial charge >= 0.3 is 0 Å². The van der Waals surface area contributed by atoms with Crippen molar-refractivity contribution in [2.45, 2.75) is 12.8 Å². The zero-order valence-corrected chi connectivity index (χ0v) is 6.13. The highest BCUT2D eigenvalue weighted by Crippen LogP contribution is 2.08. The van der Waals surface area contributed by atoms with E-state index in [2.05, 4.69) is 0 Å². The molecule has 0 aliphatic heterocycles.